The molecule has 0 radical (unpaired) electrons. The third-order valence-corrected chi connectivity index (χ3v) is 7.80. The van der Waals surface area contributed by atoms with Gasteiger partial charge in [-0.05, 0) is 43.0 Å². The fourth-order valence-corrected chi connectivity index (χ4v) is 5.66. The number of phenols is 1. The van der Waals surface area contributed by atoms with Gasteiger partial charge >= 0.3 is 12.1 Å². The molecule has 2 aliphatic rings. The van der Waals surface area contributed by atoms with Gasteiger partial charge in [-0.1, -0.05) is 6.07 Å². The maximum Gasteiger partial charge on any atom is 0.412 e. The molecule has 10 nitrogen and oxygen atoms in total. The van der Waals surface area contributed by atoms with Crippen molar-refractivity contribution in [2.24, 2.45) is 5.92 Å². The number of anilines is 1. The third kappa shape index (κ3) is 5.99. The van der Waals surface area contributed by atoms with Crippen LogP contribution >= 0.6 is 11.8 Å². The van der Waals surface area contributed by atoms with Gasteiger partial charge in [-0.2, -0.15) is 11.8 Å². The van der Waals surface area contributed by atoms with Crippen molar-refractivity contribution in [3.63, 3.8) is 0 Å². The van der Waals surface area contributed by atoms with Crippen molar-refractivity contribution in [3.05, 3.63) is 23.5 Å². The van der Waals surface area contributed by atoms with E-state index < -0.39 is 47.6 Å². The minimum absolute atomic E-state index is 0.142. The molecule has 34 heavy (non-hydrogen) atoms. The maximum absolute atomic E-state index is 15.3. The van der Waals surface area contributed by atoms with E-state index in [1.165, 1.54) is 31.0 Å². The lowest BCUT2D eigenvalue weighted by Gasteiger charge is -2.39. The molecule has 3 rings (SSSR count). The van der Waals surface area contributed by atoms with E-state index in [1.807, 2.05) is 0 Å². The van der Waals surface area contributed by atoms with Gasteiger partial charge in [0.15, 0.2) is 17.0 Å². The Bertz CT molecular complexity index is 939. The first-order valence-electron chi connectivity index (χ1n) is 10.8. The molecule has 13 heteroatoms. The SMILES string of the molecule is CNS(=O)N(CC=O)c1c(O)ccc(C2CN(C(=O)OC(C)OC(=O)C3CCSCC3)C2)c1F. The highest BCUT2D eigenvalue weighted by Gasteiger charge is 2.37. The minimum Gasteiger partial charge on any atom is -0.506 e. The van der Waals surface area contributed by atoms with Crippen LogP contribution in [0.2, 0.25) is 0 Å². The number of carbonyl (C=O) groups excluding carboxylic acids is 3. The summed E-state index contributed by atoms with van der Waals surface area (Å²) in [5, 5.41) is 10.1. The maximum atomic E-state index is 15.3. The van der Waals surface area contributed by atoms with E-state index in [9.17, 15) is 23.7 Å². The van der Waals surface area contributed by atoms with E-state index in [-0.39, 0.29) is 36.2 Å². The van der Waals surface area contributed by atoms with Gasteiger partial charge in [0.25, 0.3) is 0 Å². The van der Waals surface area contributed by atoms with E-state index in [1.54, 1.807) is 11.8 Å². The number of halogens is 1. The summed E-state index contributed by atoms with van der Waals surface area (Å²) in [5.41, 5.74) is -0.157. The quantitative estimate of drug-likeness (QED) is 0.289. The predicted molar refractivity (Wildman–Crippen MR) is 125 cm³/mol. The van der Waals surface area contributed by atoms with E-state index in [0.29, 0.717) is 6.29 Å². The number of thioether (sulfide) groups is 1. The summed E-state index contributed by atoms with van der Waals surface area (Å²) in [6.07, 6.45) is 0.200. The summed E-state index contributed by atoms with van der Waals surface area (Å²) in [4.78, 5) is 36.9. The molecule has 2 aliphatic heterocycles. The normalized spacial score (nSPS) is 18.5. The highest BCUT2D eigenvalue weighted by molar-refractivity contribution is 7.99. The summed E-state index contributed by atoms with van der Waals surface area (Å²) in [6.45, 7) is 1.35. The van der Waals surface area contributed by atoms with Crippen molar-refractivity contribution in [1.29, 1.82) is 0 Å². The van der Waals surface area contributed by atoms with Crippen LogP contribution in [0, 0.1) is 11.7 Å². The number of likely N-dealkylation sites (tertiary alicyclic amines) is 1. The first-order valence-corrected chi connectivity index (χ1v) is 13.1. The van der Waals surface area contributed by atoms with E-state index in [0.717, 1.165) is 28.7 Å². The second kappa shape index (κ2) is 11.8. The molecule has 0 aliphatic carbocycles. The monoisotopic (exact) mass is 517 g/mol. The largest absolute Gasteiger partial charge is 0.506 e. The summed E-state index contributed by atoms with van der Waals surface area (Å²) in [6, 6.07) is 2.64. The van der Waals surface area contributed by atoms with Crippen molar-refractivity contribution >= 4 is 47.0 Å². The van der Waals surface area contributed by atoms with Gasteiger partial charge in [-0.15, -0.1) is 0 Å². The van der Waals surface area contributed by atoms with Crippen LogP contribution < -0.4 is 9.03 Å². The molecule has 2 fully saturated rings. The molecule has 1 aromatic carbocycles. The molecular formula is C21H28FN3O7S2. The zero-order chi connectivity index (χ0) is 24.8. The van der Waals surface area contributed by atoms with Gasteiger partial charge in [0.1, 0.15) is 17.7 Å². The van der Waals surface area contributed by atoms with Crippen LogP contribution in [0.25, 0.3) is 0 Å². The van der Waals surface area contributed by atoms with Crippen LogP contribution in [0.1, 0.15) is 31.2 Å². The van der Waals surface area contributed by atoms with Gasteiger partial charge in [-0.3, -0.25) is 9.10 Å². The highest BCUT2D eigenvalue weighted by Crippen LogP contribution is 2.38. The topological polar surface area (TPSA) is 125 Å². The molecule has 0 saturated carbocycles. The lowest BCUT2D eigenvalue weighted by atomic mass is 9.91. The Morgan fingerprint density at radius 2 is 2.03 bits per heavy atom. The number of nitrogens with one attached hydrogen (secondary N) is 1. The number of aldehydes is 1. The van der Waals surface area contributed by atoms with Crippen LogP contribution in [-0.4, -0.2) is 77.0 Å². The van der Waals surface area contributed by atoms with Crippen molar-refractivity contribution in [2.45, 2.75) is 32.0 Å². The Balaban J connectivity index is 1.59. The molecule has 2 heterocycles. The number of phenolic OH excluding ortho intramolecular Hbond substituents is 1. The first kappa shape index (κ1) is 26.2. The Labute approximate surface area is 203 Å². The molecule has 1 amide bonds. The number of hydrogen-bond donors (Lipinski definition) is 2. The summed E-state index contributed by atoms with van der Waals surface area (Å²) in [7, 11) is 1.37. The third-order valence-electron chi connectivity index (χ3n) is 5.67. The Kier molecular flexibility index (Phi) is 9.14. The van der Waals surface area contributed by atoms with Crippen LogP contribution in [-0.2, 0) is 30.2 Å². The zero-order valence-corrected chi connectivity index (χ0v) is 20.5. The number of esters is 1. The van der Waals surface area contributed by atoms with Crippen molar-refractivity contribution in [2.75, 3.05) is 42.5 Å². The lowest BCUT2D eigenvalue weighted by molar-refractivity contribution is -0.171. The molecule has 1 aromatic rings. The fraction of sp³-hybridized carbons (Fsp3) is 0.571. The molecule has 2 saturated heterocycles. The van der Waals surface area contributed by atoms with Crippen LogP contribution in [0.3, 0.4) is 0 Å². The second-order valence-electron chi connectivity index (χ2n) is 7.89. The molecule has 0 bridgehead atoms. The molecule has 0 aromatic heterocycles. The summed E-state index contributed by atoms with van der Waals surface area (Å²) < 4.78 is 41.2. The van der Waals surface area contributed by atoms with Crippen LogP contribution in [0.4, 0.5) is 14.9 Å². The highest BCUT2D eigenvalue weighted by atomic mass is 32.2. The van der Waals surface area contributed by atoms with Crippen molar-refractivity contribution < 1.29 is 37.6 Å². The molecule has 2 atom stereocenters. The number of ether oxygens (including phenoxy) is 2. The lowest BCUT2D eigenvalue weighted by Crippen LogP contribution is -2.50. The summed E-state index contributed by atoms with van der Waals surface area (Å²) in [5.74, 6) is -0.443. The zero-order valence-electron chi connectivity index (χ0n) is 18.9. The van der Waals surface area contributed by atoms with Crippen LogP contribution in [0.15, 0.2) is 12.1 Å². The van der Waals surface area contributed by atoms with E-state index >= 15 is 4.39 Å². The number of carbonyl (C=O) groups is 3. The number of rotatable bonds is 9. The second-order valence-corrected chi connectivity index (χ2v) is 10.5. The molecule has 188 valence electrons. The van der Waals surface area contributed by atoms with Gasteiger partial charge < -0.3 is 24.3 Å². The number of hydrogen-bond acceptors (Lipinski definition) is 8. The first-order chi connectivity index (χ1) is 16.3. The molecule has 0 spiro atoms. The smallest absolute Gasteiger partial charge is 0.412 e. The van der Waals surface area contributed by atoms with E-state index in [4.69, 9.17) is 9.47 Å². The van der Waals surface area contributed by atoms with E-state index in [2.05, 4.69) is 4.72 Å². The van der Waals surface area contributed by atoms with Crippen molar-refractivity contribution in [3.8, 4) is 5.75 Å². The Morgan fingerprint density at radius 3 is 2.65 bits per heavy atom. The molecular weight excluding hydrogens is 489 g/mol. The molecule has 2 N–H and O–H groups in total. The number of amides is 1. The van der Waals surface area contributed by atoms with Gasteiger partial charge in [0.05, 0.1) is 12.5 Å². The number of nitrogens with zero attached hydrogens (tertiary/aromatic N) is 2. The van der Waals surface area contributed by atoms with Crippen LogP contribution in [0.5, 0.6) is 5.75 Å². The van der Waals surface area contributed by atoms with Gasteiger partial charge in [-0.25, -0.2) is 18.1 Å². The fourth-order valence-electron chi connectivity index (χ4n) is 3.80. The molecule has 2 unspecified atom stereocenters. The Morgan fingerprint density at radius 1 is 1.35 bits per heavy atom. The number of aromatic hydroxyl groups is 1. The average molecular weight is 518 g/mol. The number of benzene rings is 1. The van der Waals surface area contributed by atoms with Gasteiger partial charge in [0, 0.05) is 25.9 Å². The standard InChI is InChI=1S/C21H28FN3O7S2/c1-13(31-20(28)14-5-9-33-10-6-14)32-21(29)24-11-15(12-24)16-3-4-17(27)19(18(16)22)25(7-8-26)34(30)23-2/h3-4,8,13-15,23,27H,5-7,9-12H2,1-2H3. The minimum atomic E-state index is -1.94. The predicted octanol–water partition coefficient (Wildman–Crippen LogP) is 1.90. The van der Waals surface area contributed by atoms with Crippen molar-refractivity contribution in [1.82, 2.24) is 9.62 Å². The average Bonchev–Trinajstić information content (AvgIpc) is 2.78. The van der Waals surface area contributed by atoms with Gasteiger partial charge in [0.2, 0.25) is 6.29 Å². The Hall–Kier alpha value is -2.38. The summed E-state index contributed by atoms with van der Waals surface area (Å²) >= 11 is -0.154.